The first-order valence-electron chi connectivity index (χ1n) is 6.17. The molecule has 1 saturated heterocycles. The summed E-state index contributed by atoms with van der Waals surface area (Å²) >= 11 is 0. The van der Waals surface area contributed by atoms with Gasteiger partial charge in [0.15, 0.2) is 0 Å². The molecule has 0 aromatic carbocycles. The average molecular weight is 258 g/mol. The van der Waals surface area contributed by atoms with Gasteiger partial charge in [-0.05, 0) is 33.6 Å². The van der Waals surface area contributed by atoms with E-state index in [1.165, 1.54) is 0 Å². The Morgan fingerprint density at radius 1 is 1.44 bits per heavy atom. The largest absolute Gasteiger partial charge is 0.480 e. The van der Waals surface area contributed by atoms with Crippen LogP contribution in [0.25, 0.3) is 0 Å². The fourth-order valence-corrected chi connectivity index (χ4v) is 2.00. The van der Waals surface area contributed by atoms with Crippen LogP contribution in [0.5, 0.6) is 0 Å². The van der Waals surface area contributed by atoms with Crippen molar-refractivity contribution in [1.82, 2.24) is 4.90 Å². The lowest BCUT2D eigenvalue weighted by Crippen LogP contribution is -2.49. The summed E-state index contributed by atoms with van der Waals surface area (Å²) in [4.78, 5) is 24.3. The van der Waals surface area contributed by atoms with Crippen molar-refractivity contribution in [2.24, 2.45) is 11.7 Å². The zero-order valence-corrected chi connectivity index (χ0v) is 11.2. The Labute approximate surface area is 107 Å². The Balaban J connectivity index is 2.58. The van der Waals surface area contributed by atoms with Crippen LogP contribution in [0.1, 0.15) is 33.6 Å². The molecule has 1 aliphatic heterocycles. The number of ether oxygens (including phenoxy) is 1. The summed E-state index contributed by atoms with van der Waals surface area (Å²) in [6, 6.07) is -0.921. The summed E-state index contributed by atoms with van der Waals surface area (Å²) in [6.45, 7) is 6.35. The fourth-order valence-electron chi connectivity index (χ4n) is 2.00. The monoisotopic (exact) mass is 258 g/mol. The van der Waals surface area contributed by atoms with Crippen LogP contribution in [-0.2, 0) is 9.53 Å². The zero-order valence-electron chi connectivity index (χ0n) is 11.2. The first-order valence-corrected chi connectivity index (χ1v) is 6.17. The molecule has 18 heavy (non-hydrogen) atoms. The van der Waals surface area contributed by atoms with Crippen LogP contribution in [0.4, 0.5) is 4.79 Å². The van der Waals surface area contributed by atoms with Crippen LogP contribution in [0.3, 0.4) is 0 Å². The highest BCUT2D eigenvalue weighted by atomic mass is 16.6. The van der Waals surface area contributed by atoms with Crippen molar-refractivity contribution in [3.05, 3.63) is 0 Å². The molecule has 1 aliphatic rings. The number of carboxylic acids is 1. The number of carbonyl (C=O) groups excluding carboxylic acids is 1. The van der Waals surface area contributed by atoms with Gasteiger partial charge in [0, 0.05) is 19.0 Å². The van der Waals surface area contributed by atoms with Crippen molar-refractivity contribution in [3.8, 4) is 0 Å². The van der Waals surface area contributed by atoms with Crippen molar-refractivity contribution >= 4 is 12.1 Å². The van der Waals surface area contributed by atoms with E-state index in [9.17, 15) is 9.59 Å². The third kappa shape index (κ3) is 4.18. The Morgan fingerprint density at radius 2 is 2.06 bits per heavy atom. The maximum Gasteiger partial charge on any atom is 0.410 e. The van der Waals surface area contributed by atoms with Gasteiger partial charge in [0.2, 0.25) is 0 Å². The lowest BCUT2D eigenvalue weighted by Gasteiger charge is -2.35. The third-order valence-electron chi connectivity index (χ3n) is 2.90. The van der Waals surface area contributed by atoms with Gasteiger partial charge in [0.05, 0.1) is 0 Å². The summed E-state index contributed by atoms with van der Waals surface area (Å²) < 4.78 is 5.26. The van der Waals surface area contributed by atoms with Gasteiger partial charge < -0.3 is 20.5 Å². The minimum absolute atomic E-state index is 0.205. The third-order valence-corrected chi connectivity index (χ3v) is 2.90. The molecule has 0 saturated carbocycles. The second-order valence-corrected chi connectivity index (χ2v) is 5.69. The van der Waals surface area contributed by atoms with E-state index in [1.807, 2.05) is 0 Å². The maximum absolute atomic E-state index is 11.9. The van der Waals surface area contributed by atoms with E-state index < -0.39 is 23.7 Å². The summed E-state index contributed by atoms with van der Waals surface area (Å²) in [7, 11) is 0. The summed E-state index contributed by atoms with van der Waals surface area (Å²) in [5, 5.41) is 8.89. The van der Waals surface area contributed by atoms with Gasteiger partial charge in [-0.15, -0.1) is 0 Å². The van der Waals surface area contributed by atoms with Gasteiger partial charge >= 0.3 is 12.1 Å². The van der Waals surface area contributed by atoms with Gasteiger partial charge in [-0.3, -0.25) is 4.79 Å². The van der Waals surface area contributed by atoms with E-state index >= 15 is 0 Å². The highest BCUT2D eigenvalue weighted by molar-refractivity contribution is 5.74. The Hall–Kier alpha value is -1.30. The molecule has 1 amide bonds. The number of hydrogen-bond acceptors (Lipinski definition) is 4. The Morgan fingerprint density at radius 3 is 2.56 bits per heavy atom. The zero-order chi connectivity index (χ0) is 13.9. The number of carbonyl (C=O) groups is 2. The minimum Gasteiger partial charge on any atom is -0.480 e. The molecule has 0 aromatic rings. The molecule has 2 atom stereocenters. The molecule has 1 fully saturated rings. The molecule has 104 valence electrons. The van der Waals surface area contributed by atoms with Crippen LogP contribution in [0.15, 0.2) is 0 Å². The smallest absolute Gasteiger partial charge is 0.410 e. The number of rotatable bonds is 2. The molecular weight excluding hydrogens is 236 g/mol. The van der Waals surface area contributed by atoms with E-state index in [1.54, 1.807) is 25.7 Å². The highest BCUT2D eigenvalue weighted by Crippen LogP contribution is 2.21. The van der Waals surface area contributed by atoms with Crippen LogP contribution in [0, 0.1) is 5.92 Å². The number of piperidine rings is 1. The van der Waals surface area contributed by atoms with Crippen molar-refractivity contribution in [2.75, 3.05) is 13.1 Å². The lowest BCUT2D eigenvalue weighted by atomic mass is 9.91. The Kier molecular flexibility index (Phi) is 4.56. The van der Waals surface area contributed by atoms with Crippen molar-refractivity contribution in [1.29, 1.82) is 0 Å². The lowest BCUT2D eigenvalue weighted by molar-refractivity contribution is -0.140. The minimum atomic E-state index is -1.02. The molecule has 6 nitrogen and oxygen atoms in total. The number of aliphatic carboxylic acids is 1. The van der Waals surface area contributed by atoms with Gasteiger partial charge in [-0.25, -0.2) is 4.79 Å². The number of amides is 1. The number of carboxylic acid groups (broad SMARTS) is 1. The molecule has 6 heteroatoms. The summed E-state index contributed by atoms with van der Waals surface area (Å²) in [6.07, 6.45) is 1.09. The van der Waals surface area contributed by atoms with Gasteiger partial charge in [0.1, 0.15) is 11.6 Å². The Bertz CT molecular complexity index is 325. The van der Waals surface area contributed by atoms with Crippen molar-refractivity contribution in [3.63, 3.8) is 0 Å². The van der Waals surface area contributed by atoms with Crippen LogP contribution < -0.4 is 5.73 Å². The number of nitrogens with zero attached hydrogens (tertiary/aromatic N) is 1. The predicted molar refractivity (Wildman–Crippen MR) is 66.1 cm³/mol. The standard InChI is InChI=1S/C12H22N2O4/c1-12(2,3)18-11(17)14-6-4-5-8(7-14)9(13)10(15)16/h8-9H,4-7,13H2,1-3H3,(H,15,16)/t8-,9+/m1/s1. The molecule has 1 heterocycles. The van der Waals surface area contributed by atoms with E-state index in [2.05, 4.69) is 0 Å². The molecule has 0 bridgehead atoms. The molecule has 0 spiro atoms. The van der Waals surface area contributed by atoms with Gasteiger partial charge in [0.25, 0.3) is 0 Å². The van der Waals surface area contributed by atoms with Crippen LogP contribution >= 0.6 is 0 Å². The molecule has 1 rings (SSSR count). The normalized spacial score (nSPS) is 22.4. The van der Waals surface area contributed by atoms with E-state index in [0.29, 0.717) is 13.1 Å². The number of nitrogens with two attached hydrogens (primary N) is 1. The summed E-state index contributed by atoms with van der Waals surface area (Å²) in [5.41, 5.74) is 5.06. The second-order valence-electron chi connectivity index (χ2n) is 5.69. The van der Waals surface area contributed by atoms with Gasteiger partial charge in [-0.1, -0.05) is 0 Å². The van der Waals surface area contributed by atoms with Crippen LogP contribution in [-0.4, -0.2) is 46.8 Å². The number of likely N-dealkylation sites (tertiary alicyclic amines) is 1. The van der Waals surface area contributed by atoms with Crippen molar-refractivity contribution < 1.29 is 19.4 Å². The van der Waals surface area contributed by atoms with E-state index in [0.717, 1.165) is 12.8 Å². The number of hydrogen-bond donors (Lipinski definition) is 2. The van der Waals surface area contributed by atoms with Gasteiger partial charge in [-0.2, -0.15) is 0 Å². The first-order chi connectivity index (χ1) is 8.20. The molecular formula is C12H22N2O4. The molecule has 0 aliphatic carbocycles. The molecule has 0 radical (unpaired) electrons. The topological polar surface area (TPSA) is 92.9 Å². The average Bonchev–Trinajstić information content (AvgIpc) is 2.25. The molecule has 0 aromatic heterocycles. The maximum atomic E-state index is 11.9. The quantitative estimate of drug-likeness (QED) is 0.772. The first kappa shape index (κ1) is 14.8. The van der Waals surface area contributed by atoms with Crippen molar-refractivity contribution in [2.45, 2.75) is 45.3 Å². The SMILES string of the molecule is CC(C)(C)OC(=O)N1CCC[C@@H]([C@H](N)C(=O)O)C1. The van der Waals surface area contributed by atoms with E-state index in [-0.39, 0.29) is 5.92 Å². The second kappa shape index (κ2) is 5.56. The van der Waals surface area contributed by atoms with E-state index in [4.69, 9.17) is 15.6 Å². The highest BCUT2D eigenvalue weighted by Gasteiger charge is 2.32. The molecule has 0 unspecified atom stereocenters. The van der Waals surface area contributed by atoms with Crippen LogP contribution in [0.2, 0.25) is 0 Å². The fraction of sp³-hybridized carbons (Fsp3) is 0.833. The molecule has 3 N–H and O–H groups in total. The predicted octanol–water partition coefficient (Wildman–Crippen LogP) is 1.05. The summed E-state index contributed by atoms with van der Waals surface area (Å²) in [5.74, 6) is -1.23.